The zero-order chi connectivity index (χ0) is 16.2. The van der Waals surface area contributed by atoms with Gasteiger partial charge in [0.15, 0.2) is 0 Å². The summed E-state index contributed by atoms with van der Waals surface area (Å²) in [6.07, 6.45) is 11.2. The average Bonchev–Trinajstić information content (AvgIpc) is 2.55. The highest BCUT2D eigenvalue weighted by molar-refractivity contribution is 5.79. The standard InChI is InChI=1S/C18H34N2O2/c1-3-5-7-9-12-17(21)19-14-11-15-20(16-19)18(22)13-10-8-6-4-2/h3-16H2,1-2H3. The molecule has 0 saturated carbocycles. The minimum absolute atomic E-state index is 0.222. The Morgan fingerprint density at radius 1 is 0.727 bits per heavy atom. The minimum Gasteiger partial charge on any atom is -0.325 e. The smallest absolute Gasteiger partial charge is 0.223 e. The Morgan fingerprint density at radius 3 is 1.59 bits per heavy atom. The Labute approximate surface area is 136 Å². The third-order valence-corrected chi connectivity index (χ3v) is 4.39. The van der Waals surface area contributed by atoms with Crippen LogP contribution in [0, 0.1) is 0 Å². The molecular formula is C18H34N2O2. The summed E-state index contributed by atoms with van der Waals surface area (Å²) in [6.45, 7) is 6.49. The lowest BCUT2D eigenvalue weighted by molar-refractivity contribution is -0.142. The number of carbonyl (C=O) groups excluding carboxylic acids is 2. The van der Waals surface area contributed by atoms with Crippen molar-refractivity contribution in [3.8, 4) is 0 Å². The van der Waals surface area contributed by atoms with Gasteiger partial charge in [0.1, 0.15) is 0 Å². The van der Waals surface area contributed by atoms with Gasteiger partial charge in [0, 0.05) is 25.9 Å². The van der Waals surface area contributed by atoms with Crippen molar-refractivity contribution in [3.63, 3.8) is 0 Å². The van der Waals surface area contributed by atoms with Gasteiger partial charge in [-0.25, -0.2) is 0 Å². The molecular weight excluding hydrogens is 276 g/mol. The molecule has 0 N–H and O–H groups in total. The molecule has 0 aromatic rings. The van der Waals surface area contributed by atoms with Crippen LogP contribution in [0.5, 0.6) is 0 Å². The van der Waals surface area contributed by atoms with E-state index in [-0.39, 0.29) is 11.8 Å². The van der Waals surface area contributed by atoms with Gasteiger partial charge in [-0.1, -0.05) is 52.4 Å². The van der Waals surface area contributed by atoms with Crippen LogP contribution >= 0.6 is 0 Å². The quantitative estimate of drug-likeness (QED) is 0.573. The summed E-state index contributed by atoms with van der Waals surface area (Å²) in [7, 11) is 0. The fourth-order valence-electron chi connectivity index (χ4n) is 2.93. The largest absolute Gasteiger partial charge is 0.325 e. The molecule has 0 radical (unpaired) electrons. The van der Waals surface area contributed by atoms with Crippen LogP contribution in [0.3, 0.4) is 0 Å². The second kappa shape index (κ2) is 11.5. The zero-order valence-corrected chi connectivity index (χ0v) is 14.6. The van der Waals surface area contributed by atoms with E-state index < -0.39 is 0 Å². The van der Waals surface area contributed by atoms with E-state index in [1.165, 1.54) is 25.7 Å². The summed E-state index contributed by atoms with van der Waals surface area (Å²) in [4.78, 5) is 28.2. The van der Waals surface area contributed by atoms with Crippen LogP contribution in [-0.4, -0.2) is 41.4 Å². The molecule has 1 heterocycles. The van der Waals surface area contributed by atoms with Crippen LogP contribution in [0.4, 0.5) is 0 Å². The van der Waals surface area contributed by atoms with Crippen molar-refractivity contribution in [1.29, 1.82) is 0 Å². The summed E-state index contributed by atoms with van der Waals surface area (Å²) >= 11 is 0. The van der Waals surface area contributed by atoms with Gasteiger partial charge in [0.25, 0.3) is 0 Å². The summed E-state index contributed by atoms with van der Waals surface area (Å²) in [5, 5.41) is 0. The highest BCUT2D eigenvalue weighted by Crippen LogP contribution is 2.13. The van der Waals surface area contributed by atoms with Gasteiger partial charge in [-0.15, -0.1) is 0 Å². The predicted molar refractivity (Wildman–Crippen MR) is 90.4 cm³/mol. The molecule has 1 aliphatic heterocycles. The van der Waals surface area contributed by atoms with E-state index >= 15 is 0 Å². The molecule has 1 saturated heterocycles. The first-order chi connectivity index (χ1) is 10.7. The third kappa shape index (κ3) is 7.28. The van der Waals surface area contributed by atoms with E-state index in [1.807, 2.05) is 9.80 Å². The lowest BCUT2D eigenvalue weighted by Gasteiger charge is -2.35. The first-order valence-corrected chi connectivity index (χ1v) is 9.24. The SMILES string of the molecule is CCCCCCC(=O)N1CCCN(C(=O)CCCCCC)C1. The van der Waals surface area contributed by atoms with E-state index in [0.29, 0.717) is 19.5 Å². The molecule has 0 aliphatic carbocycles. The molecule has 0 unspecified atom stereocenters. The molecule has 1 rings (SSSR count). The number of unbranched alkanes of at least 4 members (excludes halogenated alkanes) is 6. The van der Waals surface area contributed by atoms with Crippen molar-refractivity contribution in [2.24, 2.45) is 0 Å². The summed E-state index contributed by atoms with van der Waals surface area (Å²) in [6, 6.07) is 0. The second-order valence-corrected chi connectivity index (χ2v) is 6.43. The Morgan fingerprint density at radius 2 is 1.18 bits per heavy atom. The van der Waals surface area contributed by atoms with E-state index in [4.69, 9.17) is 0 Å². The molecule has 0 bridgehead atoms. The fraction of sp³-hybridized carbons (Fsp3) is 0.889. The summed E-state index contributed by atoms with van der Waals surface area (Å²) in [5.74, 6) is 0.444. The van der Waals surface area contributed by atoms with Crippen LogP contribution in [0.2, 0.25) is 0 Å². The Balaban J connectivity index is 2.27. The molecule has 4 nitrogen and oxygen atoms in total. The normalized spacial score (nSPS) is 15.2. The highest BCUT2D eigenvalue weighted by atomic mass is 16.2. The second-order valence-electron chi connectivity index (χ2n) is 6.43. The van der Waals surface area contributed by atoms with Gasteiger partial charge in [-0.05, 0) is 19.3 Å². The van der Waals surface area contributed by atoms with Gasteiger partial charge in [-0.2, -0.15) is 0 Å². The van der Waals surface area contributed by atoms with Gasteiger partial charge in [0.2, 0.25) is 11.8 Å². The Bertz CT molecular complexity index is 301. The predicted octanol–water partition coefficient (Wildman–Crippen LogP) is 3.95. The highest BCUT2D eigenvalue weighted by Gasteiger charge is 2.24. The van der Waals surface area contributed by atoms with E-state index in [2.05, 4.69) is 13.8 Å². The molecule has 0 atom stereocenters. The first-order valence-electron chi connectivity index (χ1n) is 9.24. The summed E-state index contributed by atoms with van der Waals surface area (Å²) in [5.41, 5.74) is 0. The molecule has 1 aliphatic rings. The maximum atomic E-state index is 12.2. The first kappa shape index (κ1) is 19.0. The maximum absolute atomic E-state index is 12.2. The van der Waals surface area contributed by atoms with Crippen molar-refractivity contribution in [2.75, 3.05) is 19.8 Å². The molecule has 22 heavy (non-hydrogen) atoms. The van der Waals surface area contributed by atoms with Crippen LogP contribution < -0.4 is 0 Å². The molecule has 0 aromatic heterocycles. The molecule has 2 amide bonds. The maximum Gasteiger partial charge on any atom is 0.223 e. The zero-order valence-electron chi connectivity index (χ0n) is 14.6. The third-order valence-electron chi connectivity index (χ3n) is 4.39. The number of nitrogens with zero attached hydrogens (tertiary/aromatic N) is 2. The molecule has 0 spiro atoms. The van der Waals surface area contributed by atoms with Gasteiger partial charge in [0.05, 0.1) is 6.67 Å². The summed E-state index contributed by atoms with van der Waals surface area (Å²) < 4.78 is 0. The van der Waals surface area contributed by atoms with Crippen molar-refractivity contribution in [2.45, 2.75) is 84.5 Å². The van der Waals surface area contributed by atoms with Gasteiger partial charge in [-0.3, -0.25) is 9.59 Å². The minimum atomic E-state index is 0.222. The number of carbonyl (C=O) groups is 2. The topological polar surface area (TPSA) is 40.6 Å². The van der Waals surface area contributed by atoms with Crippen LogP contribution in [0.15, 0.2) is 0 Å². The van der Waals surface area contributed by atoms with Gasteiger partial charge >= 0.3 is 0 Å². The molecule has 1 fully saturated rings. The van der Waals surface area contributed by atoms with Crippen molar-refractivity contribution < 1.29 is 9.59 Å². The molecule has 4 heteroatoms. The van der Waals surface area contributed by atoms with Crippen molar-refractivity contribution in [1.82, 2.24) is 9.80 Å². The van der Waals surface area contributed by atoms with Crippen molar-refractivity contribution >= 4 is 11.8 Å². The number of hydrogen-bond donors (Lipinski definition) is 0. The molecule has 128 valence electrons. The Hall–Kier alpha value is -1.06. The number of rotatable bonds is 10. The lowest BCUT2D eigenvalue weighted by atomic mass is 10.1. The van der Waals surface area contributed by atoms with Crippen LogP contribution in [-0.2, 0) is 9.59 Å². The van der Waals surface area contributed by atoms with E-state index in [1.54, 1.807) is 0 Å². The van der Waals surface area contributed by atoms with E-state index in [9.17, 15) is 9.59 Å². The fourth-order valence-corrected chi connectivity index (χ4v) is 2.93. The van der Waals surface area contributed by atoms with Gasteiger partial charge < -0.3 is 9.80 Å². The van der Waals surface area contributed by atoms with Crippen LogP contribution in [0.25, 0.3) is 0 Å². The van der Waals surface area contributed by atoms with Crippen LogP contribution in [0.1, 0.15) is 84.5 Å². The van der Waals surface area contributed by atoms with Crippen molar-refractivity contribution in [3.05, 3.63) is 0 Å². The monoisotopic (exact) mass is 310 g/mol. The number of hydrogen-bond acceptors (Lipinski definition) is 2. The molecule has 0 aromatic carbocycles. The number of amides is 2. The van der Waals surface area contributed by atoms with E-state index in [0.717, 1.165) is 45.2 Å². The average molecular weight is 310 g/mol. The lowest BCUT2D eigenvalue weighted by Crippen LogP contribution is -2.49. The Kier molecular flexibility index (Phi) is 9.93.